The summed E-state index contributed by atoms with van der Waals surface area (Å²) in [5, 5.41) is 0. The lowest BCUT2D eigenvalue weighted by Gasteiger charge is -2.38. The van der Waals surface area contributed by atoms with Gasteiger partial charge in [0, 0.05) is 51.4 Å². The first kappa shape index (κ1) is 18.7. The molecule has 2 heterocycles. The average Bonchev–Trinajstić information content (AvgIpc) is 2.97. The van der Waals surface area contributed by atoms with Gasteiger partial charge in [-0.1, -0.05) is 26.0 Å². The topological polar surface area (TPSA) is 43.9 Å². The van der Waals surface area contributed by atoms with Crippen LogP contribution < -0.4 is 4.90 Å². The third kappa shape index (κ3) is 3.87. The van der Waals surface area contributed by atoms with Crippen molar-refractivity contribution in [2.75, 3.05) is 44.2 Å². The summed E-state index contributed by atoms with van der Waals surface area (Å²) in [5.74, 6) is 0.568. The van der Waals surface area contributed by atoms with Gasteiger partial charge in [-0.05, 0) is 37.0 Å². The predicted octanol–water partition coefficient (Wildman–Crippen LogP) is 2.46. The highest BCUT2D eigenvalue weighted by Gasteiger charge is 2.37. The van der Waals surface area contributed by atoms with Gasteiger partial charge in [-0.3, -0.25) is 9.59 Å². The first-order valence-corrected chi connectivity index (χ1v) is 9.74. The van der Waals surface area contributed by atoms with Gasteiger partial charge < -0.3 is 14.7 Å². The zero-order valence-electron chi connectivity index (χ0n) is 16.5. The van der Waals surface area contributed by atoms with Crippen LogP contribution in [0.2, 0.25) is 0 Å². The minimum atomic E-state index is -0.159. The van der Waals surface area contributed by atoms with Crippen LogP contribution in [0.25, 0.3) is 0 Å². The van der Waals surface area contributed by atoms with Crippen LogP contribution in [0.5, 0.6) is 0 Å². The number of aryl methyl sites for hydroxylation is 1. The molecule has 1 atom stereocenters. The fraction of sp³-hybridized carbons (Fsp3) is 0.619. The van der Waals surface area contributed by atoms with Crippen LogP contribution in [-0.2, 0) is 9.59 Å². The number of nitrogens with zero attached hydrogens (tertiary/aromatic N) is 3. The van der Waals surface area contributed by atoms with Gasteiger partial charge in [-0.15, -0.1) is 0 Å². The molecule has 0 aliphatic carbocycles. The van der Waals surface area contributed by atoms with Crippen molar-refractivity contribution in [2.45, 2.75) is 34.1 Å². The molecule has 0 bridgehead atoms. The number of carbonyl (C=O) groups is 2. The number of anilines is 1. The number of hydrogen-bond acceptors (Lipinski definition) is 3. The number of rotatable bonds is 4. The van der Waals surface area contributed by atoms with Crippen molar-refractivity contribution >= 4 is 17.5 Å². The second-order valence-corrected chi connectivity index (χ2v) is 8.12. The summed E-state index contributed by atoms with van der Waals surface area (Å²) in [6.45, 7) is 13.0. The predicted molar refractivity (Wildman–Crippen MR) is 104 cm³/mol. The Morgan fingerprint density at radius 1 is 1.15 bits per heavy atom. The van der Waals surface area contributed by atoms with Crippen molar-refractivity contribution in [3.8, 4) is 0 Å². The minimum absolute atomic E-state index is 0.131. The maximum atomic E-state index is 12.9. The van der Waals surface area contributed by atoms with E-state index < -0.39 is 0 Å². The molecular weight excluding hydrogens is 326 g/mol. The first-order chi connectivity index (χ1) is 12.4. The molecule has 142 valence electrons. The van der Waals surface area contributed by atoms with E-state index in [-0.39, 0.29) is 17.7 Å². The second-order valence-electron chi connectivity index (χ2n) is 8.12. The maximum Gasteiger partial charge on any atom is 0.228 e. The minimum Gasteiger partial charge on any atom is -0.368 e. The van der Waals surface area contributed by atoms with Gasteiger partial charge in [0.05, 0.1) is 5.92 Å². The van der Waals surface area contributed by atoms with Crippen molar-refractivity contribution in [1.29, 1.82) is 0 Å². The molecule has 2 fully saturated rings. The van der Waals surface area contributed by atoms with E-state index in [1.807, 2.05) is 9.80 Å². The molecule has 2 amide bonds. The lowest BCUT2D eigenvalue weighted by Crippen LogP contribution is -2.51. The highest BCUT2D eigenvalue weighted by molar-refractivity contribution is 5.89. The Morgan fingerprint density at radius 3 is 2.50 bits per heavy atom. The number of piperazine rings is 1. The fourth-order valence-electron chi connectivity index (χ4n) is 4.06. The Morgan fingerprint density at radius 2 is 1.85 bits per heavy atom. The summed E-state index contributed by atoms with van der Waals surface area (Å²) < 4.78 is 0. The van der Waals surface area contributed by atoms with Crippen LogP contribution in [0.1, 0.15) is 31.4 Å². The first-order valence-electron chi connectivity index (χ1n) is 9.74. The molecule has 2 aliphatic heterocycles. The largest absolute Gasteiger partial charge is 0.368 e. The van der Waals surface area contributed by atoms with Crippen LogP contribution in [0, 0.1) is 25.7 Å². The number of benzene rings is 1. The molecule has 0 saturated carbocycles. The van der Waals surface area contributed by atoms with Gasteiger partial charge >= 0.3 is 0 Å². The van der Waals surface area contributed by atoms with Gasteiger partial charge in [0.1, 0.15) is 0 Å². The smallest absolute Gasteiger partial charge is 0.228 e. The molecule has 2 saturated heterocycles. The molecule has 1 aromatic carbocycles. The SMILES string of the molecule is Cc1cccc(N2CCN(C(=O)C3CC(=O)N(CC(C)C)C3)CC2)c1C. The van der Waals surface area contributed by atoms with Crippen LogP contribution in [-0.4, -0.2) is 60.9 Å². The summed E-state index contributed by atoms with van der Waals surface area (Å²) in [7, 11) is 0. The average molecular weight is 357 g/mol. The van der Waals surface area contributed by atoms with Crippen LogP contribution in [0.3, 0.4) is 0 Å². The number of hydrogen-bond donors (Lipinski definition) is 0. The van der Waals surface area contributed by atoms with E-state index in [9.17, 15) is 9.59 Å². The molecule has 26 heavy (non-hydrogen) atoms. The van der Waals surface area contributed by atoms with Crippen molar-refractivity contribution < 1.29 is 9.59 Å². The lowest BCUT2D eigenvalue weighted by molar-refractivity contribution is -0.136. The third-order valence-corrected chi connectivity index (χ3v) is 5.66. The van der Waals surface area contributed by atoms with Gasteiger partial charge in [-0.25, -0.2) is 0 Å². The maximum absolute atomic E-state index is 12.9. The monoisotopic (exact) mass is 357 g/mol. The summed E-state index contributed by atoms with van der Waals surface area (Å²) in [5.41, 5.74) is 3.89. The number of carbonyl (C=O) groups excluding carboxylic acids is 2. The molecular formula is C21H31N3O2. The molecule has 0 aromatic heterocycles. The van der Waals surface area contributed by atoms with E-state index in [2.05, 4.69) is 50.8 Å². The van der Waals surface area contributed by atoms with Crippen molar-refractivity contribution in [3.63, 3.8) is 0 Å². The zero-order chi connectivity index (χ0) is 18.8. The normalized spacial score (nSPS) is 21.0. The summed E-state index contributed by atoms with van der Waals surface area (Å²) in [4.78, 5) is 31.2. The van der Waals surface area contributed by atoms with E-state index in [1.165, 1.54) is 16.8 Å². The molecule has 1 aromatic rings. The molecule has 0 spiro atoms. The summed E-state index contributed by atoms with van der Waals surface area (Å²) in [6, 6.07) is 6.40. The fourth-order valence-corrected chi connectivity index (χ4v) is 4.06. The Bertz CT molecular complexity index is 678. The van der Waals surface area contributed by atoms with Crippen LogP contribution in [0.4, 0.5) is 5.69 Å². The molecule has 5 nitrogen and oxygen atoms in total. The van der Waals surface area contributed by atoms with Crippen LogP contribution in [0.15, 0.2) is 18.2 Å². The Balaban J connectivity index is 1.57. The second kappa shape index (κ2) is 7.68. The van der Waals surface area contributed by atoms with Gasteiger partial charge in [0.2, 0.25) is 11.8 Å². The van der Waals surface area contributed by atoms with Crippen molar-refractivity contribution in [2.24, 2.45) is 11.8 Å². The highest BCUT2D eigenvalue weighted by atomic mass is 16.2. The molecule has 2 aliphatic rings. The summed E-state index contributed by atoms with van der Waals surface area (Å²) >= 11 is 0. The number of amides is 2. The molecule has 3 rings (SSSR count). The Labute approximate surface area is 156 Å². The zero-order valence-corrected chi connectivity index (χ0v) is 16.5. The molecule has 0 radical (unpaired) electrons. The molecule has 5 heteroatoms. The molecule has 1 unspecified atom stereocenters. The van der Waals surface area contributed by atoms with Crippen molar-refractivity contribution in [1.82, 2.24) is 9.80 Å². The van der Waals surface area contributed by atoms with Crippen LogP contribution >= 0.6 is 0 Å². The third-order valence-electron chi connectivity index (χ3n) is 5.66. The van der Waals surface area contributed by atoms with Gasteiger partial charge in [-0.2, -0.15) is 0 Å². The van der Waals surface area contributed by atoms with E-state index in [1.54, 1.807) is 0 Å². The Kier molecular flexibility index (Phi) is 5.54. The standard InChI is InChI=1S/C21H31N3O2/c1-15(2)13-24-14-18(12-20(24)25)21(26)23-10-8-22(9-11-23)19-7-5-6-16(3)17(19)4/h5-7,15,18H,8-14H2,1-4H3. The Hall–Kier alpha value is -2.04. The van der Waals surface area contributed by atoms with Crippen molar-refractivity contribution in [3.05, 3.63) is 29.3 Å². The van der Waals surface area contributed by atoms with E-state index >= 15 is 0 Å². The quantitative estimate of drug-likeness (QED) is 0.831. The van der Waals surface area contributed by atoms with E-state index in [4.69, 9.17) is 0 Å². The van der Waals surface area contributed by atoms with Gasteiger partial charge in [0.25, 0.3) is 0 Å². The number of likely N-dealkylation sites (tertiary alicyclic amines) is 1. The summed E-state index contributed by atoms with van der Waals surface area (Å²) in [6.07, 6.45) is 0.378. The van der Waals surface area contributed by atoms with E-state index in [0.29, 0.717) is 18.9 Å². The lowest BCUT2D eigenvalue weighted by atomic mass is 10.1. The van der Waals surface area contributed by atoms with E-state index in [0.717, 1.165) is 32.7 Å². The molecule has 0 N–H and O–H groups in total. The van der Waals surface area contributed by atoms with Gasteiger partial charge in [0.15, 0.2) is 0 Å². The highest BCUT2D eigenvalue weighted by Crippen LogP contribution is 2.26.